The first-order valence-electron chi connectivity index (χ1n) is 13.5. The molecule has 1 N–H and O–H groups in total. The topological polar surface area (TPSA) is 77.0 Å². The maximum atomic E-state index is 12.1. The Morgan fingerprint density at radius 3 is 1.81 bits per heavy atom. The van der Waals surface area contributed by atoms with E-state index >= 15 is 0 Å². The van der Waals surface area contributed by atoms with Crippen LogP contribution in [0.5, 0.6) is 0 Å². The van der Waals surface area contributed by atoms with Crippen LogP contribution < -0.4 is 5.32 Å². The number of benzene rings is 2. The van der Waals surface area contributed by atoms with Crippen LogP contribution in [-0.2, 0) is 9.47 Å². The zero-order chi connectivity index (χ0) is 25.8. The summed E-state index contributed by atoms with van der Waals surface area (Å²) in [5, 5.41) is 3.72. The Morgan fingerprint density at radius 2 is 1.32 bits per heavy atom. The molecule has 0 heterocycles. The standard InChI is InChI=1S/C31H36N2O4/c1-3-36-29(34)24-5-9-26(10-6-24)32-14-13-28(31-18-21-15-22(19-31)17-23(16-21)20-31)33-27-11-7-25(8-12-27)30(35)37-4-2/h5-14,21-23,33H,3-4,15-20H2,1-2H3. The molecular formula is C31H36N2O4. The van der Waals surface area contributed by atoms with Crippen molar-refractivity contribution in [1.29, 1.82) is 0 Å². The van der Waals surface area contributed by atoms with E-state index in [-0.39, 0.29) is 17.4 Å². The van der Waals surface area contributed by atoms with Crippen LogP contribution >= 0.6 is 0 Å². The largest absolute Gasteiger partial charge is 0.462 e. The van der Waals surface area contributed by atoms with E-state index in [0.29, 0.717) is 24.3 Å². The van der Waals surface area contributed by atoms with E-state index in [9.17, 15) is 9.59 Å². The zero-order valence-corrected chi connectivity index (χ0v) is 21.7. The summed E-state index contributed by atoms with van der Waals surface area (Å²) in [6.45, 7) is 4.33. The average Bonchev–Trinajstić information content (AvgIpc) is 2.88. The molecular weight excluding hydrogens is 464 g/mol. The molecule has 4 fully saturated rings. The molecule has 2 aromatic rings. The summed E-state index contributed by atoms with van der Waals surface area (Å²) in [6.07, 6.45) is 11.8. The molecule has 4 bridgehead atoms. The molecule has 0 aliphatic heterocycles. The zero-order valence-electron chi connectivity index (χ0n) is 21.7. The molecule has 0 radical (unpaired) electrons. The van der Waals surface area contributed by atoms with Crippen molar-refractivity contribution in [1.82, 2.24) is 0 Å². The molecule has 2 aromatic carbocycles. The van der Waals surface area contributed by atoms with Crippen LogP contribution in [0.4, 0.5) is 11.4 Å². The number of ether oxygens (including phenoxy) is 2. The molecule has 4 saturated carbocycles. The summed E-state index contributed by atoms with van der Waals surface area (Å²) in [6, 6.07) is 14.7. The van der Waals surface area contributed by atoms with Gasteiger partial charge in [0.05, 0.1) is 30.0 Å². The minimum atomic E-state index is -0.319. The van der Waals surface area contributed by atoms with Crippen LogP contribution in [0, 0.1) is 23.2 Å². The van der Waals surface area contributed by atoms with Crippen LogP contribution in [0.1, 0.15) is 73.1 Å². The van der Waals surface area contributed by atoms with Gasteiger partial charge in [-0.3, -0.25) is 4.99 Å². The Balaban J connectivity index is 1.38. The molecule has 0 spiro atoms. The maximum absolute atomic E-state index is 12.1. The van der Waals surface area contributed by atoms with Crippen molar-refractivity contribution in [2.24, 2.45) is 28.2 Å². The second kappa shape index (κ2) is 10.9. The lowest BCUT2D eigenvalue weighted by atomic mass is 9.48. The van der Waals surface area contributed by atoms with Gasteiger partial charge in [0, 0.05) is 23.0 Å². The monoisotopic (exact) mass is 500 g/mol. The third-order valence-corrected chi connectivity index (χ3v) is 8.13. The number of allylic oxidation sites excluding steroid dienone is 2. The van der Waals surface area contributed by atoms with E-state index in [1.54, 1.807) is 19.1 Å². The van der Waals surface area contributed by atoms with Crippen molar-refractivity contribution in [2.75, 3.05) is 18.5 Å². The fraction of sp³-hybridized carbons (Fsp3) is 0.452. The molecule has 0 amide bonds. The Bertz CT molecular complexity index is 1150. The highest BCUT2D eigenvalue weighted by molar-refractivity contribution is 5.90. The number of esters is 2. The van der Waals surface area contributed by atoms with Crippen molar-refractivity contribution < 1.29 is 19.1 Å². The quantitative estimate of drug-likeness (QED) is 0.298. The van der Waals surface area contributed by atoms with Gasteiger partial charge in [-0.15, -0.1) is 0 Å². The highest BCUT2D eigenvalue weighted by Gasteiger charge is 2.52. The number of rotatable bonds is 9. The van der Waals surface area contributed by atoms with Crippen LogP contribution in [0.2, 0.25) is 0 Å². The lowest BCUT2D eigenvalue weighted by Gasteiger charge is -2.57. The van der Waals surface area contributed by atoms with Crippen molar-refractivity contribution in [3.05, 3.63) is 71.4 Å². The number of carbonyl (C=O) groups excluding carboxylic acids is 2. The molecule has 4 aliphatic carbocycles. The van der Waals surface area contributed by atoms with Crippen LogP contribution in [0.25, 0.3) is 0 Å². The van der Waals surface area contributed by atoms with Gasteiger partial charge in [-0.1, -0.05) is 0 Å². The van der Waals surface area contributed by atoms with Gasteiger partial charge in [-0.2, -0.15) is 0 Å². The number of nitrogens with one attached hydrogen (secondary N) is 1. The number of aliphatic imine (C=N–C) groups is 1. The summed E-state index contributed by atoms with van der Waals surface area (Å²) in [4.78, 5) is 28.7. The van der Waals surface area contributed by atoms with Gasteiger partial charge in [-0.25, -0.2) is 9.59 Å². The van der Waals surface area contributed by atoms with Gasteiger partial charge in [0.25, 0.3) is 0 Å². The fourth-order valence-electron chi connectivity index (χ4n) is 6.95. The van der Waals surface area contributed by atoms with Crippen molar-refractivity contribution in [3.8, 4) is 0 Å². The lowest BCUT2D eigenvalue weighted by molar-refractivity contribution is -0.0296. The summed E-state index contributed by atoms with van der Waals surface area (Å²) < 4.78 is 10.2. The molecule has 37 heavy (non-hydrogen) atoms. The first-order chi connectivity index (χ1) is 18.0. The maximum Gasteiger partial charge on any atom is 0.338 e. The average molecular weight is 501 g/mol. The first-order valence-corrected chi connectivity index (χ1v) is 13.5. The summed E-state index contributed by atoms with van der Waals surface area (Å²) in [5.74, 6) is 1.83. The van der Waals surface area contributed by atoms with E-state index in [4.69, 9.17) is 9.47 Å². The second-order valence-electron chi connectivity index (χ2n) is 10.7. The summed E-state index contributed by atoms with van der Waals surface area (Å²) >= 11 is 0. The highest BCUT2D eigenvalue weighted by atomic mass is 16.5. The first kappa shape index (κ1) is 25.2. The highest BCUT2D eigenvalue weighted by Crippen LogP contribution is 2.62. The van der Waals surface area contributed by atoms with Gasteiger partial charge in [0.15, 0.2) is 0 Å². The number of nitrogens with zero attached hydrogens (tertiary/aromatic N) is 1. The number of carbonyl (C=O) groups is 2. The van der Waals surface area contributed by atoms with Gasteiger partial charge >= 0.3 is 11.9 Å². The van der Waals surface area contributed by atoms with E-state index in [2.05, 4.69) is 16.4 Å². The Hall–Kier alpha value is -3.41. The number of hydrogen-bond donors (Lipinski definition) is 1. The van der Waals surface area contributed by atoms with Crippen molar-refractivity contribution >= 4 is 29.5 Å². The van der Waals surface area contributed by atoms with Crippen LogP contribution in [0.3, 0.4) is 0 Å². The lowest BCUT2D eigenvalue weighted by Crippen LogP contribution is -2.48. The third-order valence-electron chi connectivity index (χ3n) is 8.13. The van der Waals surface area contributed by atoms with Crippen LogP contribution in [-0.4, -0.2) is 31.4 Å². The number of anilines is 1. The Labute approximate surface area is 219 Å². The second-order valence-corrected chi connectivity index (χ2v) is 10.7. The normalized spacial score (nSPS) is 26.3. The fourth-order valence-corrected chi connectivity index (χ4v) is 6.95. The van der Waals surface area contributed by atoms with Gasteiger partial charge in [0.1, 0.15) is 0 Å². The molecule has 0 saturated heterocycles. The molecule has 6 heteroatoms. The van der Waals surface area contributed by atoms with E-state index in [1.165, 1.54) is 44.2 Å². The molecule has 0 aromatic heterocycles. The van der Waals surface area contributed by atoms with Crippen molar-refractivity contribution in [2.45, 2.75) is 52.4 Å². The number of hydrogen-bond acceptors (Lipinski definition) is 6. The molecule has 0 atom stereocenters. The summed E-state index contributed by atoms with van der Waals surface area (Å²) in [7, 11) is 0. The van der Waals surface area contributed by atoms with E-state index in [0.717, 1.165) is 29.1 Å². The SMILES string of the molecule is CCOC(=O)c1ccc(N=CC=C(Nc2ccc(C(=O)OCC)cc2)C23CC4CC(CC(C4)C2)C3)cc1. The molecule has 6 rings (SSSR count). The molecule has 0 unspecified atom stereocenters. The third kappa shape index (κ3) is 5.63. The van der Waals surface area contributed by atoms with E-state index < -0.39 is 0 Å². The summed E-state index contributed by atoms with van der Waals surface area (Å²) in [5.41, 5.74) is 4.19. The molecule has 194 valence electrons. The predicted molar refractivity (Wildman–Crippen MR) is 145 cm³/mol. The van der Waals surface area contributed by atoms with Gasteiger partial charge < -0.3 is 14.8 Å². The van der Waals surface area contributed by atoms with Gasteiger partial charge in [-0.05, 0) is 125 Å². The van der Waals surface area contributed by atoms with Crippen LogP contribution in [0.15, 0.2) is 65.3 Å². The Kier molecular flexibility index (Phi) is 7.45. The molecule has 4 aliphatic rings. The van der Waals surface area contributed by atoms with Crippen molar-refractivity contribution in [3.63, 3.8) is 0 Å². The minimum absolute atomic E-state index is 0.147. The van der Waals surface area contributed by atoms with E-state index in [1.807, 2.05) is 49.5 Å². The van der Waals surface area contributed by atoms with Gasteiger partial charge in [0.2, 0.25) is 0 Å². The molecule has 6 nitrogen and oxygen atoms in total. The predicted octanol–water partition coefficient (Wildman–Crippen LogP) is 6.95. The smallest absolute Gasteiger partial charge is 0.338 e. The Morgan fingerprint density at radius 1 is 0.838 bits per heavy atom. The minimum Gasteiger partial charge on any atom is -0.462 e.